The fourth-order valence-corrected chi connectivity index (χ4v) is 7.76. The number of carbonyl (C=O) groups is 1. The van der Waals surface area contributed by atoms with Crippen LogP contribution in [0.25, 0.3) is 11.4 Å². The Labute approximate surface area is 375 Å². The molecule has 0 saturated heterocycles. The molecule has 18 heteroatoms. The van der Waals surface area contributed by atoms with Gasteiger partial charge in [-0.1, -0.05) is 130 Å². The average molecular weight is 937 g/mol. The molecule has 0 aliphatic heterocycles. The molecule has 12 nitrogen and oxygen atoms in total. The molecule has 1 amide bonds. The van der Waals surface area contributed by atoms with E-state index >= 15 is 0 Å². The van der Waals surface area contributed by atoms with Gasteiger partial charge in [0.2, 0.25) is 0 Å². The number of benzene rings is 4. The van der Waals surface area contributed by atoms with Crippen LogP contribution < -0.4 is 20.7 Å². The van der Waals surface area contributed by atoms with Crippen molar-refractivity contribution >= 4 is 60.5 Å². The van der Waals surface area contributed by atoms with Gasteiger partial charge < -0.3 is 4.57 Å². The lowest BCUT2D eigenvalue weighted by Gasteiger charge is -2.19. The topological polar surface area (TPSA) is 178 Å². The first-order chi connectivity index (χ1) is 28.4. The van der Waals surface area contributed by atoms with Crippen molar-refractivity contribution in [2.45, 2.75) is 110 Å². The van der Waals surface area contributed by atoms with Crippen LogP contribution in [-0.4, -0.2) is 37.5 Å². The highest BCUT2D eigenvalue weighted by Crippen LogP contribution is 2.34. The Morgan fingerprint density at radius 3 is 1.47 bits per heavy atom. The van der Waals surface area contributed by atoms with E-state index in [9.17, 15) is 30.4 Å². The van der Waals surface area contributed by atoms with E-state index in [4.69, 9.17) is 29.0 Å². The van der Waals surface area contributed by atoms with Gasteiger partial charge >= 0.3 is 0 Å². The second kappa shape index (κ2) is 20.3. The lowest BCUT2D eigenvalue weighted by atomic mass is 9.87. The van der Waals surface area contributed by atoms with Crippen LogP contribution in [0.1, 0.15) is 110 Å². The van der Waals surface area contributed by atoms with Crippen molar-refractivity contribution in [3.8, 4) is 11.4 Å². The van der Waals surface area contributed by atoms with Crippen LogP contribution in [0, 0.1) is 17.0 Å². The van der Waals surface area contributed by atoms with Gasteiger partial charge in [0, 0.05) is 31.2 Å². The molecular formula is C44H57Cl2F2N7O5S2. The highest BCUT2D eigenvalue weighted by molar-refractivity contribution is 7.93. The number of nitrogen functional groups attached to an aromatic ring is 1. The van der Waals surface area contributed by atoms with Gasteiger partial charge in [0.15, 0.2) is 5.82 Å². The number of hydrogen-bond donors (Lipinski definition) is 4. The van der Waals surface area contributed by atoms with Crippen LogP contribution in [0.4, 0.5) is 20.2 Å². The highest BCUT2D eigenvalue weighted by Gasteiger charge is 2.24. The molecule has 0 spiro atoms. The maximum absolute atomic E-state index is 14.2. The molecule has 0 saturated carbocycles. The van der Waals surface area contributed by atoms with Gasteiger partial charge in [-0.05, 0) is 63.8 Å². The van der Waals surface area contributed by atoms with Crippen LogP contribution in [0.5, 0.6) is 0 Å². The van der Waals surface area contributed by atoms with E-state index in [2.05, 4.69) is 47.3 Å². The van der Waals surface area contributed by atoms with Gasteiger partial charge in [-0.25, -0.2) is 31.5 Å². The number of anilines is 2. The number of nitrogens with one attached hydrogen (secondary N) is 3. The largest absolute Gasteiger partial charge is 0.314 e. The Kier molecular flexibility index (Phi) is 16.9. The van der Waals surface area contributed by atoms with Crippen LogP contribution in [0.2, 0.25) is 10.0 Å². The summed E-state index contributed by atoms with van der Waals surface area (Å²) < 4.78 is 85.5. The highest BCUT2D eigenvalue weighted by atomic mass is 35.5. The normalized spacial score (nSPS) is 12.1. The Bertz CT molecular complexity index is 2580. The molecule has 5 N–H and O–H groups in total. The van der Waals surface area contributed by atoms with E-state index in [1.807, 2.05) is 53.9 Å². The van der Waals surface area contributed by atoms with E-state index in [-0.39, 0.29) is 47.6 Å². The van der Waals surface area contributed by atoms with Crippen molar-refractivity contribution in [1.82, 2.24) is 20.2 Å². The number of halogens is 4. The predicted molar refractivity (Wildman–Crippen MR) is 245 cm³/mol. The van der Waals surface area contributed by atoms with Crippen LogP contribution in [-0.2, 0) is 44.3 Å². The zero-order valence-corrected chi connectivity index (χ0v) is 40.3. The minimum atomic E-state index is -4.05. The minimum absolute atomic E-state index is 0.0278. The summed E-state index contributed by atoms with van der Waals surface area (Å²) in [4.78, 5) is 11.9. The van der Waals surface area contributed by atoms with Gasteiger partial charge in [-0.2, -0.15) is 0 Å². The lowest BCUT2D eigenvalue weighted by molar-refractivity contribution is 0.0954. The van der Waals surface area contributed by atoms with E-state index in [1.165, 1.54) is 36.8 Å². The summed E-state index contributed by atoms with van der Waals surface area (Å²) in [6, 6.07) is 17.1. The molecule has 0 atom stereocenters. The molecule has 0 fully saturated rings. The molecule has 5 rings (SSSR count). The summed E-state index contributed by atoms with van der Waals surface area (Å²) in [5.41, 5.74) is 4.03. The first kappa shape index (κ1) is 51.7. The Balaban J connectivity index is 0.000000294. The molecule has 1 aromatic heterocycles. The van der Waals surface area contributed by atoms with Gasteiger partial charge in [-0.3, -0.25) is 19.7 Å². The fourth-order valence-electron chi connectivity index (χ4n) is 5.29. The molecule has 0 bridgehead atoms. The number of nitrogens with two attached hydrogens (primary N) is 1. The minimum Gasteiger partial charge on any atom is -0.314 e. The number of hydrogen-bond acceptors (Lipinski definition) is 8. The van der Waals surface area contributed by atoms with Crippen molar-refractivity contribution in [3.05, 3.63) is 117 Å². The molecule has 338 valence electrons. The Hall–Kier alpha value is -4.61. The molecule has 0 aliphatic rings. The van der Waals surface area contributed by atoms with Crippen LogP contribution in [0.15, 0.2) is 82.6 Å². The first-order valence-electron chi connectivity index (χ1n) is 19.6. The van der Waals surface area contributed by atoms with E-state index in [0.29, 0.717) is 29.0 Å². The summed E-state index contributed by atoms with van der Waals surface area (Å²) in [5, 5.41) is 7.75. The number of aromatic nitrogens is 3. The van der Waals surface area contributed by atoms with Crippen molar-refractivity contribution in [2.24, 2.45) is 18.3 Å². The summed E-state index contributed by atoms with van der Waals surface area (Å²) in [5.74, 6) is 3.75. The number of amides is 1. The lowest BCUT2D eigenvalue weighted by Crippen LogP contribution is -2.31. The van der Waals surface area contributed by atoms with Crippen molar-refractivity contribution in [3.63, 3.8) is 0 Å². The standard InChI is InChI=1S/C21H24ClFN4O2S.C17H19ClFN3O3S.C6H14/c1-6-19-24-25-20(27(19)5)15-11-16(22)17(23)12-18(15)26-30(28,29)14-9-7-13(8-10-14)21(2,3)4;1-17(2,3)10-4-6-11(7-5-10)26(24,25)22-15-9-14(19)13(18)8-12(15)16(23)21-20;1-5-6(2,3)4/h7-12,26H,6H2,1-5H3;4-9,22H,20H2,1-3H3,(H,21,23);5H2,1-4H3. The number of aryl methyl sites for hydroxylation is 1. The smallest absolute Gasteiger partial charge is 0.267 e. The Morgan fingerprint density at radius 1 is 0.694 bits per heavy atom. The van der Waals surface area contributed by atoms with E-state index < -0.39 is 37.6 Å². The second-order valence-corrected chi connectivity index (χ2v) is 21.8. The summed E-state index contributed by atoms with van der Waals surface area (Å²) in [6.07, 6.45) is 1.91. The van der Waals surface area contributed by atoms with Gasteiger partial charge in [-0.15, -0.1) is 10.2 Å². The quantitative estimate of drug-likeness (QED) is 0.0641. The maximum atomic E-state index is 14.2. The van der Waals surface area contributed by atoms with E-state index in [1.54, 1.807) is 35.9 Å². The molecule has 4 aromatic carbocycles. The van der Waals surface area contributed by atoms with Crippen LogP contribution >= 0.6 is 23.2 Å². The van der Waals surface area contributed by atoms with Crippen molar-refractivity contribution in [2.75, 3.05) is 9.44 Å². The summed E-state index contributed by atoms with van der Waals surface area (Å²) in [7, 11) is -6.26. The van der Waals surface area contributed by atoms with E-state index in [0.717, 1.165) is 29.3 Å². The van der Waals surface area contributed by atoms with Crippen LogP contribution in [0.3, 0.4) is 0 Å². The SMILES string of the molecule is CC(C)(C)c1ccc(S(=O)(=O)Nc2cc(F)c(Cl)cc2C(=O)NN)cc1.CCC(C)(C)C.CCc1nnc(-c2cc(Cl)c(F)cc2NS(=O)(=O)c2ccc(C(C)(C)C)cc2)n1C. The number of carbonyl (C=O) groups excluding carboxylic acids is 1. The number of hydrazine groups is 1. The number of sulfonamides is 2. The third kappa shape index (κ3) is 13.7. The monoisotopic (exact) mass is 935 g/mol. The fraction of sp³-hybridized carbons (Fsp3) is 0.386. The van der Waals surface area contributed by atoms with Crippen molar-refractivity contribution in [1.29, 1.82) is 0 Å². The molecule has 0 unspecified atom stereocenters. The van der Waals surface area contributed by atoms with Gasteiger partial charge in [0.05, 0.1) is 36.8 Å². The molecule has 0 aliphatic carbocycles. The third-order valence-electron chi connectivity index (χ3n) is 9.63. The predicted octanol–water partition coefficient (Wildman–Crippen LogP) is 10.6. The number of rotatable bonds is 9. The van der Waals surface area contributed by atoms with Gasteiger partial charge in [0.1, 0.15) is 17.5 Å². The summed E-state index contributed by atoms with van der Waals surface area (Å²) >= 11 is 11.6. The first-order valence-corrected chi connectivity index (χ1v) is 23.3. The number of nitrogens with zero attached hydrogens (tertiary/aromatic N) is 3. The van der Waals surface area contributed by atoms with Gasteiger partial charge in [0.25, 0.3) is 26.0 Å². The molecule has 1 heterocycles. The molecular weight excluding hydrogens is 880 g/mol. The Morgan fingerprint density at radius 2 is 1.10 bits per heavy atom. The molecule has 0 radical (unpaired) electrons. The molecule has 62 heavy (non-hydrogen) atoms. The third-order valence-corrected chi connectivity index (χ3v) is 13.0. The zero-order valence-electron chi connectivity index (χ0n) is 37.1. The molecule has 5 aromatic rings. The van der Waals surface area contributed by atoms with Crippen molar-refractivity contribution < 1.29 is 30.4 Å². The average Bonchev–Trinajstić information content (AvgIpc) is 3.56. The summed E-state index contributed by atoms with van der Waals surface area (Å²) in [6.45, 7) is 23.0. The maximum Gasteiger partial charge on any atom is 0.267 e. The second-order valence-electron chi connectivity index (χ2n) is 17.6. The zero-order chi connectivity index (χ0) is 47.2.